The molecule has 2 unspecified atom stereocenters. The summed E-state index contributed by atoms with van der Waals surface area (Å²) in [5.41, 5.74) is 8.28. The fraction of sp³-hybridized carbons (Fsp3) is 0.310. The number of fused-ring (bicyclic) bond motifs is 5. The number of morpholine rings is 1. The van der Waals surface area contributed by atoms with Gasteiger partial charge in [0, 0.05) is 18.2 Å². The van der Waals surface area contributed by atoms with Gasteiger partial charge in [-0.3, -0.25) is 4.90 Å². The van der Waals surface area contributed by atoms with E-state index in [1.165, 1.54) is 27.8 Å². The normalized spacial score (nSPS) is 20.6. The van der Waals surface area contributed by atoms with Gasteiger partial charge in [0.15, 0.2) is 0 Å². The molecule has 1 aliphatic carbocycles. The maximum Gasteiger partial charge on any atom is 0.410 e. The number of benzene rings is 2. The number of rotatable bonds is 4. The van der Waals surface area contributed by atoms with Gasteiger partial charge in [-0.1, -0.05) is 54.6 Å². The van der Waals surface area contributed by atoms with Crippen molar-refractivity contribution < 1.29 is 19.0 Å². The molecule has 2 bridgehead atoms. The van der Waals surface area contributed by atoms with Gasteiger partial charge in [0.2, 0.25) is 5.88 Å². The van der Waals surface area contributed by atoms with Gasteiger partial charge >= 0.3 is 6.09 Å². The van der Waals surface area contributed by atoms with E-state index in [0.717, 1.165) is 11.1 Å². The summed E-state index contributed by atoms with van der Waals surface area (Å²) >= 11 is 0. The molecule has 3 aromatic rings. The molecule has 6 rings (SSSR count). The molecule has 6 heteroatoms. The second-order valence-electron chi connectivity index (χ2n) is 9.41. The van der Waals surface area contributed by atoms with E-state index in [-0.39, 0.29) is 24.1 Å². The summed E-state index contributed by atoms with van der Waals surface area (Å²) in [6.07, 6.45) is 4.42. The highest BCUT2D eigenvalue weighted by molar-refractivity contribution is 5.79. The minimum atomic E-state index is -0.273. The number of hydrogen-bond acceptors (Lipinski definition) is 5. The van der Waals surface area contributed by atoms with E-state index in [9.17, 15) is 4.79 Å². The lowest BCUT2D eigenvalue weighted by atomic mass is 9.89. The van der Waals surface area contributed by atoms with Crippen molar-refractivity contribution in [3.05, 3.63) is 89.1 Å². The van der Waals surface area contributed by atoms with Crippen molar-refractivity contribution >= 4 is 11.7 Å². The average Bonchev–Trinajstić information content (AvgIpc) is 3.20. The second kappa shape index (κ2) is 8.86. The van der Waals surface area contributed by atoms with Gasteiger partial charge in [-0.15, -0.1) is 0 Å². The van der Waals surface area contributed by atoms with Crippen LogP contribution in [0.2, 0.25) is 0 Å². The van der Waals surface area contributed by atoms with Crippen LogP contribution < -0.4 is 4.74 Å². The summed E-state index contributed by atoms with van der Waals surface area (Å²) in [6, 6.07) is 18.5. The molecule has 6 nitrogen and oxygen atoms in total. The first-order valence-corrected chi connectivity index (χ1v) is 12.1. The molecular weight excluding hydrogens is 440 g/mol. The molecule has 178 valence electrons. The van der Waals surface area contributed by atoms with Crippen LogP contribution in [0.25, 0.3) is 16.7 Å². The van der Waals surface area contributed by atoms with Gasteiger partial charge in [-0.2, -0.15) is 0 Å². The molecule has 0 radical (unpaired) electrons. The molecule has 2 aromatic carbocycles. The molecule has 3 aliphatic rings. The van der Waals surface area contributed by atoms with Crippen molar-refractivity contribution in [1.29, 1.82) is 0 Å². The van der Waals surface area contributed by atoms with Crippen LogP contribution >= 0.6 is 0 Å². The Morgan fingerprint density at radius 3 is 2.43 bits per heavy atom. The Labute approximate surface area is 205 Å². The molecule has 2 atom stereocenters. The Morgan fingerprint density at radius 2 is 1.77 bits per heavy atom. The zero-order valence-corrected chi connectivity index (χ0v) is 19.9. The van der Waals surface area contributed by atoms with E-state index < -0.39 is 0 Å². The zero-order chi connectivity index (χ0) is 23.9. The highest BCUT2D eigenvalue weighted by atomic mass is 16.6. The predicted molar refractivity (Wildman–Crippen MR) is 133 cm³/mol. The smallest absolute Gasteiger partial charge is 0.410 e. The maximum absolute atomic E-state index is 13.4. The van der Waals surface area contributed by atoms with Gasteiger partial charge in [0.05, 0.1) is 32.4 Å². The fourth-order valence-corrected chi connectivity index (χ4v) is 5.73. The molecule has 1 amide bonds. The predicted octanol–water partition coefficient (Wildman–Crippen LogP) is 5.20. The molecule has 0 spiro atoms. The first-order chi connectivity index (χ1) is 17.1. The number of aromatic nitrogens is 1. The summed E-state index contributed by atoms with van der Waals surface area (Å²) in [6.45, 7) is 3.35. The van der Waals surface area contributed by atoms with Crippen LogP contribution in [0.1, 0.15) is 34.6 Å². The third kappa shape index (κ3) is 3.78. The fourth-order valence-electron chi connectivity index (χ4n) is 5.73. The van der Waals surface area contributed by atoms with Crippen LogP contribution in [0.4, 0.5) is 4.79 Å². The van der Waals surface area contributed by atoms with Crippen molar-refractivity contribution in [3.63, 3.8) is 0 Å². The summed E-state index contributed by atoms with van der Waals surface area (Å²) in [7, 11) is 1.62. The summed E-state index contributed by atoms with van der Waals surface area (Å²) in [5, 5.41) is 0. The maximum atomic E-state index is 13.4. The minimum Gasteiger partial charge on any atom is -0.481 e. The third-order valence-corrected chi connectivity index (χ3v) is 7.39. The SMILES string of the molecule is COc1cc(C)c(C2=CC3COCC(C2)N3C(=O)OCC2c3ccccc3-c3ccccc32)cn1. The van der Waals surface area contributed by atoms with Crippen LogP contribution in [-0.4, -0.2) is 55.0 Å². The topological polar surface area (TPSA) is 60.9 Å². The number of nitrogens with zero attached hydrogens (tertiary/aromatic N) is 2. The number of amides is 1. The number of methoxy groups -OCH3 is 1. The lowest BCUT2D eigenvalue weighted by molar-refractivity contribution is -0.0331. The van der Waals surface area contributed by atoms with Gasteiger partial charge < -0.3 is 14.2 Å². The molecule has 1 fully saturated rings. The summed E-state index contributed by atoms with van der Waals surface area (Å²) in [5.74, 6) is 0.651. The van der Waals surface area contributed by atoms with E-state index in [4.69, 9.17) is 14.2 Å². The summed E-state index contributed by atoms with van der Waals surface area (Å²) < 4.78 is 17.0. The van der Waals surface area contributed by atoms with Gasteiger partial charge in [0.25, 0.3) is 0 Å². The quantitative estimate of drug-likeness (QED) is 0.527. The second-order valence-corrected chi connectivity index (χ2v) is 9.41. The Morgan fingerprint density at radius 1 is 1.06 bits per heavy atom. The van der Waals surface area contributed by atoms with Crippen LogP contribution in [0.15, 0.2) is 66.9 Å². The molecular formula is C29H28N2O4. The molecule has 1 aromatic heterocycles. The minimum absolute atomic E-state index is 0.0476. The van der Waals surface area contributed by atoms with Gasteiger partial charge in [0.1, 0.15) is 6.61 Å². The number of aryl methyl sites for hydroxylation is 1. The largest absolute Gasteiger partial charge is 0.481 e. The van der Waals surface area contributed by atoms with E-state index in [2.05, 4.69) is 54.4 Å². The average molecular weight is 469 g/mol. The Bertz CT molecular complexity index is 1270. The van der Waals surface area contributed by atoms with Crippen LogP contribution in [0, 0.1) is 6.92 Å². The van der Waals surface area contributed by atoms with E-state index >= 15 is 0 Å². The monoisotopic (exact) mass is 468 g/mol. The lowest BCUT2D eigenvalue weighted by Gasteiger charge is -2.44. The standard InChI is InChI=1S/C29H28N2O4/c1-18-11-28(33-2)30-14-26(18)19-12-20-15-34-16-21(13-19)31(20)29(32)35-17-27-24-9-5-3-7-22(24)23-8-4-6-10-25(23)27/h3-12,14,20-21,27H,13,15-17H2,1-2H3. The number of ether oxygens (including phenoxy) is 3. The lowest BCUT2D eigenvalue weighted by Crippen LogP contribution is -2.56. The summed E-state index contributed by atoms with van der Waals surface area (Å²) in [4.78, 5) is 19.6. The molecule has 1 saturated heterocycles. The van der Waals surface area contributed by atoms with Crippen LogP contribution in [0.5, 0.6) is 5.88 Å². The van der Waals surface area contributed by atoms with E-state index in [1.807, 2.05) is 29.3 Å². The van der Waals surface area contributed by atoms with Gasteiger partial charge in [-0.05, 0) is 52.3 Å². The van der Waals surface area contributed by atoms with E-state index in [1.54, 1.807) is 7.11 Å². The van der Waals surface area contributed by atoms with Crippen molar-refractivity contribution in [2.45, 2.75) is 31.3 Å². The number of pyridine rings is 1. The van der Waals surface area contributed by atoms with Gasteiger partial charge in [-0.25, -0.2) is 9.78 Å². The van der Waals surface area contributed by atoms with E-state index in [0.29, 0.717) is 32.1 Å². The highest BCUT2D eigenvalue weighted by Crippen LogP contribution is 2.44. The first kappa shape index (κ1) is 21.9. The molecule has 0 saturated carbocycles. The van der Waals surface area contributed by atoms with Crippen molar-refractivity contribution in [1.82, 2.24) is 9.88 Å². The number of carbonyl (C=O) groups is 1. The van der Waals surface area contributed by atoms with Crippen molar-refractivity contribution in [2.75, 3.05) is 26.9 Å². The first-order valence-electron chi connectivity index (χ1n) is 12.1. The van der Waals surface area contributed by atoms with Crippen molar-refractivity contribution in [3.8, 4) is 17.0 Å². The van der Waals surface area contributed by atoms with Crippen LogP contribution in [0.3, 0.4) is 0 Å². The number of carbonyl (C=O) groups excluding carboxylic acids is 1. The van der Waals surface area contributed by atoms with Crippen LogP contribution in [-0.2, 0) is 9.47 Å². The third-order valence-electron chi connectivity index (χ3n) is 7.39. The Balaban J connectivity index is 1.22. The Kier molecular flexibility index (Phi) is 5.53. The molecule has 0 N–H and O–H groups in total. The number of hydrogen-bond donors (Lipinski definition) is 0. The van der Waals surface area contributed by atoms with Crippen molar-refractivity contribution in [2.24, 2.45) is 0 Å². The zero-order valence-electron chi connectivity index (χ0n) is 19.9. The Hall–Kier alpha value is -3.64. The molecule has 3 heterocycles. The molecule has 35 heavy (non-hydrogen) atoms. The highest BCUT2D eigenvalue weighted by Gasteiger charge is 2.40. The molecule has 2 aliphatic heterocycles.